The van der Waals surface area contributed by atoms with Gasteiger partial charge in [0.25, 0.3) is 0 Å². The van der Waals surface area contributed by atoms with E-state index >= 15 is 0 Å². The molecule has 0 saturated heterocycles. The SMILES string of the molecule is CC(=O)NCCN(C(C)C(=O)O)S(=O)(=O)c1ccc2c(c1)C(=O)CCC2. The number of benzene rings is 1. The quantitative estimate of drug-likeness (QED) is 0.720. The first-order chi connectivity index (χ1) is 12.1. The lowest BCUT2D eigenvalue weighted by molar-refractivity contribution is -0.140. The van der Waals surface area contributed by atoms with Crippen LogP contribution >= 0.6 is 0 Å². The molecule has 0 heterocycles. The van der Waals surface area contributed by atoms with Crippen LogP contribution in [0.4, 0.5) is 0 Å². The Bertz CT molecular complexity index is 834. The van der Waals surface area contributed by atoms with Crippen molar-refractivity contribution in [3.63, 3.8) is 0 Å². The first-order valence-electron chi connectivity index (χ1n) is 8.30. The van der Waals surface area contributed by atoms with Gasteiger partial charge >= 0.3 is 5.97 Å². The Kier molecular flexibility index (Phi) is 6.14. The molecule has 1 aromatic rings. The second kappa shape index (κ2) is 7.96. The molecule has 1 unspecified atom stereocenters. The Morgan fingerprint density at radius 1 is 1.31 bits per heavy atom. The van der Waals surface area contributed by atoms with Crippen LogP contribution in [0.1, 0.15) is 42.6 Å². The molecular weight excluding hydrogens is 360 g/mol. The van der Waals surface area contributed by atoms with Gasteiger partial charge in [-0.1, -0.05) is 6.07 Å². The van der Waals surface area contributed by atoms with Crippen molar-refractivity contribution in [1.82, 2.24) is 9.62 Å². The fourth-order valence-electron chi connectivity index (χ4n) is 2.89. The van der Waals surface area contributed by atoms with Crippen molar-refractivity contribution in [2.75, 3.05) is 13.1 Å². The Hall–Kier alpha value is -2.26. The number of nitrogens with one attached hydrogen (secondary N) is 1. The first-order valence-corrected chi connectivity index (χ1v) is 9.74. The van der Waals surface area contributed by atoms with Gasteiger partial charge < -0.3 is 10.4 Å². The second-order valence-corrected chi connectivity index (χ2v) is 8.10. The monoisotopic (exact) mass is 382 g/mol. The molecule has 1 aliphatic carbocycles. The fourth-order valence-corrected chi connectivity index (χ4v) is 4.51. The molecule has 1 atom stereocenters. The van der Waals surface area contributed by atoms with E-state index in [0.29, 0.717) is 18.4 Å². The van der Waals surface area contributed by atoms with Crippen molar-refractivity contribution in [2.45, 2.75) is 44.0 Å². The molecule has 0 aliphatic heterocycles. The van der Waals surface area contributed by atoms with Crippen LogP contribution < -0.4 is 5.32 Å². The maximum atomic E-state index is 13.0. The van der Waals surface area contributed by atoms with Crippen LogP contribution in [-0.4, -0.2) is 54.6 Å². The number of hydrogen-bond donors (Lipinski definition) is 2. The third kappa shape index (κ3) is 4.28. The van der Waals surface area contributed by atoms with Crippen LogP contribution in [0, 0.1) is 0 Å². The zero-order chi connectivity index (χ0) is 19.5. The normalized spacial score (nSPS) is 15.4. The van der Waals surface area contributed by atoms with E-state index in [-0.39, 0.29) is 29.7 Å². The van der Waals surface area contributed by atoms with Crippen LogP contribution in [0.3, 0.4) is 0 Å². The maximum absolute atomic E-state index is 13.0. The lowest BCUT2D eigenvalue weighted by atomic mass is 9.91. The summed E-state index contributed by atoms with van der Waals surface area (Å²) in [5.74, 6) is -1.76. The largest absolute Gasteiger partial charge is 0.480 e. The number of carbonyl (C=O) groups excluding carboxylic acids is 2. The summed E-state index contributed by atoms with van der Waals surface area (Å²) in [7, 11) is -4.15. The Morgan fingerprint density at radius 3 is 2.62 bits per heavy atom. The highest BCUT2D eigenvalue weighted by atomic mass is 32.2. The van der Waals surface area contributed by atoms with Gasteiger partial charge in [-0.3, -0.25) is 14.4 Å². The van der Waals surface area contributed by atoms with E-state index in [1.165, 1.54) is 26.0 Å². The molecule has 8 nitrogen and oxygen atoms in total. The molecule has 1 amide bonds. The molecule has 0 fully saturated rings. The summed E-state index contributed by atoms with van der Waals surface area (Å²) < 4.78 is 26.8. The molecule has 0 radical (unpaired) electrons. The van der Waals surface area contributed by atoms with Gasteiger partial charge in [0.2, 0.25) is 15.9 Å². The van der Waals surface area contributed by atoms with Crippen molar-refractivity contribution in [3.05, 3.63) is 29.3 Å². The minimum absolute atomic E-state index is 0.0178. The molecule has 0 aromatic heterocycles. The number of carbonyl (C=O) groups is 3. The number of rotatable bonds is 7. The number of aryl methyl sites for hydroxylation is 1. The smallest absolute Gasteiger partial charge is 0.321 e. The summed E-state index contributed by atoms with van der Waals surface area (Å²) in [5.41, 5.74) is 1.18. The van der Waals surface area contributed by atoms with E-state index in [4.69, 9.17) is 0 Å². The number of nitrogens with zero attached hydrogens (tertiary/aromatic N) is 1. The number of carboxylic acid groups (broad SMARTS) is 1. The standard InChI is InChI=1S/C17H22N2O6S/c1-11(17(22)23)19(9-8-18-12(2)20)26(24,25)14-7-6-13-4-3-5-16(21)15(13)10-14/h6-7,10-11H,3-5,8-9H2,1-2H3,(H,18,20)(H,22,23). The Morgan fingerprint density at radius 2 is 2.00 bits per heavy atom. The highest BCUT2D eigenvalue weighted by Gasteiger charge is 2.33. The second-order valence-electron chi connectivity index (χ2n) is 6.21. The number of Topliss-reactive ketones (excluding diaryl/α,β-unsaturated/α-hetero) is 1. The minimum Gasteiger partial charge on any atom is -0.480 e. The van der Waals surface area contributed by atoms with Crippen molar-refractivity contribution >= 4 is 27.7 Å². The summed E-state index contributed by atoms with van der Waals surface area (Å²) >= 11 is 0. The molecular formula is C17H22N2O6S. The van der Waals surface area contributed by atoms with Crippen molar-refractivity contribution < 1.29 is 27.9 Å². The van der Waals surface area contributed by atoms with Gasteiger partial charge in [0.1, 0.15) is 6.04 Å². The van der Waals surface area contributed by atoms with E-state index < -0.39 is 22.0 Å². The van der Waals surface area contributed by atoms with Gasteiger partial charge in [-0.15, -0.1) is 0 Å². The third-order valence-electron chi connectivity index (χ3n) is 4.33. The number of amides is 1. The van der Waals surface area contributed by atoms with Crippen molar-refractivity contribution in [3.8, 4) is 0 Å². The predicted octanol–water partition coefficient (Wildman–Crippen LogP) is 0.805. The Labute approximate surface area is 152 Å². The number of aliphatic carboxylic acids is 1. The van der Waals surface area contributed by atoms with Crippen LogP contribution in [0.25, 0.3) is 0 Å². The summed E-state index contributed by atoms with van der Waals surface area (Å²) in [6.07, 6.45) is 1.81. The van der Waals surface area contributed by atoms with Gasteiger partial charge in [0.05, 0.1) is 4.90 Å². The van der Waals surface area contributed by atoms with Crippen molar-refractivity contribution in [2.24, 2.45) is 0 Å². The molecule has 0 saturated carbocycles. The molecule has 2 rings (SSSR count). The van der Waals surface area contributed by atoms with Crippen LogP contribution in [0.2, 0.25) is 0 Å². The average Bonchev–Trinajstić information content (AvgIpc) is 2.57. The van der Waals surface area contributed by atoms with E-state index in [0.717, 1.165) is 16.3 Å². The number of ketones is 1. The number of sulfonamides is 1. The van der Waals surface area contributed by atoms with E-state index in [1.54, 1.807) is 6.07 Å². The zero-order valence-electron chi connectivity index (χ0n) is 14.7. The topological polar surface area (TPSA) is 121 Å². The summed E-state index contributed by atoms with van der Waals surface area (Å²) in [5, 5.41) is 11.7. The molecule has 9 heteroatoms. The Balaban J connectivity index is 2.39. The van der Waals surface area contributed by atoms with Crippen LogP contribution in [-0.2, 0) is 26.0 Å². The molecule has 142 valence electrons. The molecule has 2 N–H and O–H groups in total. The average molecular weight is 382 g/mol. The van der Waals surface area contributed by atoms with Gasteiger partial charge in [-0.25, -0.2) is 8.42 Å². The molecule has 0 spiro atoms. The van der Waals surface area contributed by atoms with E-state index in [2.05, 4.69) is 5.32 Å². The lowest BCUT2D eigenvalue weighted by Crippen LogP contribution is -2.46. The lowest BCUT2D eigenvalue weighted by Gasteiger charge is -2.26. The summed E-state index contributed by atoms with van der Waals surface area (Å²) in [4.78, 5) is 34.3. The summed E-state index contributed by atoms with van der Waals surface area (Å²) in [6, 6.07) is 3.01. The number of carboxylic acids is 1. The molecule has 26 heavy (non-hydrogen) atoms. The third-order valence-corrected chi connectivity index (χ3v) is 6.30. The summed E-state index contributed by atoms with van der Waals surface area (Å²) in [6.45, 7) is 2.34. The predicted molar refractivity (Wildman–Crippen MR) is 93.4 cm³/mol. The highest BCUT2D eigenvalue weighted by molar-refractivity contribution is 7.89. The fraction of sp³-hybridized carbons (Fsp3) is 0.471. The van der Waals surface area contributed by atoms with Gasteiger partial charge in [0, 0.05) is 32.0 Å². The number of hydrogen-bond acceptors (Lipinski definition) is 5. The minimum atomic E-state index is -4.15. The van der Waals surface area contributed by atoms with Gasteiger partial charge in [-0.2, -0.15) is 4.31 Å². The van der Waals surface area contributed by atoms with Crippen molar-refractivity contribution in [1.29, 1.82) is 0 Å². The molecule has 0 bridgehead atoms. The molecule has 1 aromatic carbocycles. The zero-order valence-corrected chi connectivity index (χ0v) is 15.5. The van der Waals surface area contributed by atoms with Crippen LogP contribution in [0.5, 0.6) is 0 Å². The van der Waals surface area contributed by atoms with Gasteiger partial charge in [0.15, 0.2) is 5.78 Å². The first kappa shape index (κ1) is 20.1. The van der Waals surface area contributed by atoms with E-state index in [1.807, 2.05) is 0 Å². The van der Waals surface area contributed by atoms with Crippen LogP contribution in [0.15, 0.2) is 23.1 Å². The highest BCUT2D eigenvalue weighted by Crippen LogP contribution is 2.26. The maximum Gasteiger partial charge on any atom is 0.321 e. The molecule has 1 aliphatic rings. The number of fused-ring (bicyclic) bond motifs is 1. The van der Waals surface area contributed by atoms with Gasteiger partial charge in [-0.05, 0) is 37.5 Å². The van der Waals surface area contributed by atoms with E-state index in [9.17, 15) is 27.9 Å².